The van der Waals surface area contributed by atoms with E-state index in [0.29, 0.717) is 21.4 Å². The molecule has 0 saturated carbocycles. The monoisotopic (exact) mass is 498 g/mol. The lowest BCUT2D eigenvalue weighted by Gasteiger charge is -2.33. The summed E-state index contributed by atoms with van der Waals surface area (Å²) in [4.78, 5) is 26.9. The second-order valence-corrected chi connectivity index (χ2v) is 8.69. The highest BCUT2D eigenvalue weighted by Crippen LogP contribution is 2.33. The number of halogens is 5. The molecule has 3 aromatic rings. The zero-order chi connectivity index (χ0) is 24.3. The number of anilines is 3. The fourth-order valence-electron chi connectivity index (χ4n) is 3.33. The van der Waals surface area contributed by atoms with Gasteiger partial charge in [-0.15, -0.1) is 0 Å². The number of alkyl halides is 5. The van der Waals surface area contributed by atoms with Gasteiger partial charge in [-0.25, -0.2) is 18.7 Å². The van der Waals surface area contributed by atoms with Gasteiger partial charge in [-0.05, 0) is 12.1 Å². The summed E-state index contributed by atoms with van der Waals surface area (Å²) in [5.74, 6) is -3.03. The predicted octanol–water partition coefficient (Wildman–Crippen LogP) is 4.87. The minimum atomic E-state index is -4.51. The minimum Gasteiger partial charge on any atom is -0.371 e. The molecule has 0 unspecified atom stereocenters. The van der Waals surface area contributed by atoms with Gasteiger partial charge in [0.2, 0.25) is 0 Å². The Balaban J connectivity index is 1.43. The summed E-state index contributed by atoms with van der Waals surface area (Å²) < 4.78 is 63.9. The normalized spacial score (nSPS) is 15.7. The molecule has 4 heterocycles. The summed E-state index contributed by atoms with van der Waals surface area (Å²) in [7, 11) is 0. The highest BCUT2D eigenvalue weighted by atomic mass is 32.1. The standard InChI is InChI=1S/C21H19F5N6OS/c22-20(23)2-5-32(6-3-20)15-1-4-28-17(8-15)31-19-29-11-16(34-19)13-7-14(10-27-9-13)18(33)30-12-21(24,25)26/h1,4,7-11H,2-3,5-6,12H2,(H,30,33)(H,28,29,31). The van der Waals surface area contributed by atoms with Crippen molar-refractivity contribution >= 4 is 33.9 Å². The third-order valence-electron chi connectivity index (χ3n) is 5.08. The van der Waals surface area contributed by atoms with Crippen LogP contribution in [0.15, 0.2) is 43.0 Å². The molecule has 0 radical (unpaired) electrons. The Morgan fingerprint density at radius 1 is 1.12 bits per heavy atom. The number of carbonyl (C=O) groups excluding carboxylic acids is 1. The Bertz CT molecular complexity index is 1160. The van der Waals surface area contributed by atoms with Crippen LogP contribution in [0.25, 0.3) is 10.4 Å². The van der Waals surface area contributed by atoms with Crippen LogP contribution in [0.5, 0.6) is 0 Å². The van der Waals surface area contributed by atoms with Crippen molar-refractivity contribution in [3.63, 3.8) is 0 Å². The van der Waals surface area contributed by atoms with E-state index in [9.17, 15) is 26.7 Å². The first-order valence-electron chi connectivity index (χ1n) is 10.2. The van der Waals surface area contributed by atoms with E-state index in [-0.39, 0.29) is 31.5 Å². The average molecular weight is 498 g/mol. The van der Waals surface area contributed by atoms with Gasteiger partial charge in [0, 0.05) is 68.0 Å². The summed E-state index contributed by atoms with van der Waals surface area (Å²) in [6.07, 6.45) is 0.863. The number of thiazole rings is 1. The number of pyridine rings is 2. The lowest BCUT2D eigenvalue weighted by molar-refractivity contribution is -0.123. The Morgan fingerprint density at radius 2 is 1.88 bits per heavy atom. The van der Waals surface area contributed by atoms with Crippen molar-refractivity contribution < 1.29 is 26.7 Å². The summed E-state index contributed by atoms with van der Waals surface area (Å²) >= 11 is 1.23. The Morgan fingerprint density at radius 3 is 2.62 bits per heavy atom. The van der Waals surface area contributed by atoms with Crippen LogP contribution in [0.1, 0.15) is 23.2 Å². The molecule has 13 heteroatoms. The van der Waals surface area contributed by atoms with Gasteiger partial charge < -0.3 is 15.5 Å². The molecule has 0 aliphatic carbocycles. The van der Waals surface area contributed by atoms with Gasteiger partial charge >= 0.3 is 6.18 Å². The molecule has 1 saturated heterocycles. The highest BCUT2D eigenvalue weighted by Gasteiger charge is 2.34. The van der Waals surface area contributed by atoms with Gasteiger partial charge in [-0.3, -0.25) is 9.78 Å². The van der Waals surface area contributed by atoms with Crippen molar-refractivity contribution in [1.82, 2.24) is 20.3 Å². The quantitative estimate of drug-likeness (QED) is 0.472. The third-order valence-corrected chi connectivity index (χ3v) is 6.04. The van der Waals surface area contributed by atoms with Gasteiger partial charge in [-0.1, -0.05) is 11.3 Å². The SMILES string of the molecule is O=C(NCC(F)(F)F)c1cncc(-c2cnc(Nc3cc(N4CCC(F)(F)CC4)ccn3)s2)c1. The van der Waals surface area contributed by atoms with E-state index in [1.807, 2.05) is 10.2 Å². The van der Waals surface area contributed by atoms with E-state index in [1.165, 1.54) is 36.0 Å². The van der Waals surface area contributed by atoms with E-state index in [4.69, 9.17) is 0 Å². The van der Waals surface area contributed by atoms with Crippen molar-refractivity contribution in [2.75, 3.05) is 29.9 Å². The first-order chi connectivity index (χ1) is 16.1. The van der Waals surface area contributed by atoms with Crippen LogP contribution >= 0.6 is 11.3 Å². The molecule has 180 valence electrons. The van der Waals surface area contributed by atoms with Gasteiger partial charge in [0.1, 0.15) is 12.4 Å². The Labute approximate surface area is 195 Å². The van der Waals surface area contributed by atoms with Crippen molar-refractivity contribution in [3.05, 3.63) is 48.5 Å². The Kier molecular flexibility index (Phi) is 6.64. The van der Waals surface area contributed by atoms with E-state index < -0.39 is 24.6 Å². The summed E-state index contributed by atoms with van der Waals surface area (Å²) in [5, 5.41) is 5.35. The summed E-state index contributed by atoms with van der Waals surface area (Å²) in [6.45, 7) is -0.938. The maximum Gasteiger partial charge on any atom is 0.405 e. The van der Waals surface area contributed by atoms with Crippen LogP contribution in [0.2, 0.25) is 0 Å². The molecule has 3 aromatic heterocycles. The molecule has 0 spiro atoms. The Hall–Kier alpha value is -3.35. The van der Waals surface area contributed by atoms with Crippen molar-refractivity contribution in [2.45, 2.75) is 24.9 Å². The molecule has 1 aliphatic rings. The van der Waals surface area contributed by atoms with Gasteiger partial charge in [0.15, 0.2) is 5.13 Å². The van der Waals surface area contributed by atoms with E-state index in [1.54, 1.807) is 18.3 Å². The molecular weight excluding hydrogens is 479 g/mol. The van der Waals surface area contributed by atoms with Crippen LogP contribution in [0, 0.1) is 0 Å². The van der Waals surface area contributed by atoms with Crippen LogP contribution in [-0.4, -0.2) is 52.6 Å². The molecule has 0 aromatic carbocycles. The third kappa shape index (κ3) is 6.16. The van der Waals surface area contributed by atoms with Crippen molar-refractivity contribution in [2.24, 2.45) is 0 Å². The smallest absolute Gasteiger partial charge is 0.371 e. The second kappa shape index (κ2) is 9.49. The van der Waals surface area contributed by atoms with Crippen LogP contribution in [0.4, 0.5) is 38.6 Å². The number of rotatable bonds is 6. The number of nitrogens with one attached hydrogen (secondary N) is 2. The van der Waals surface area contributed by atoms with Gasteiger partial charge in [-0.2, -0.15) is 13.2 Å². The zero-order valence-electron chi connectivity index (χ0n) is 17.6. The lowest BCUT2D eigenvalue weighted by atomic mass is 10.1. The molecule has 7 nitrogen and oxygen atoms in total. The molecule has 4 rings (SSSR count). The number of amides is 1. The molecular formula is C21H19F5N6OS. The molecule has 34 heavy (non-hydrogen) atoms. The zero-order valence-corrected chi connectivity index (χ0v) is 18.4. The maximum absolute atomic E-state index is 13.4. The number of piperidine rings is 1. The van der Waals surface area contributed by atoms with E-state index in [2.05, 4.69) is 20.3 Å². The fraction of sp³-hybridized carbons (Fsp3) is 0.333. The molecule has 1 fully saturated rings. The van der Waals surface area contributed by atoms with Crippen LogP contribution < -0.4 is 15.5 Å². The summed E-state index contributed by atoms with van der Waals surface area (Å²) in [6, 6.07) is 4.93. The largest absolute Gasteiger partial charge is 0.405 e. The lowest BCUT2D eigenvalue weighted by Crippen LogP contribution is -2.39. The minimum absolute atomic E-state index is 0.00821. The average Bonchev–Trinajstić information content (AvgIpc) is 3.26. The molecule has 2 N–H and O–H groups in total. The highest BCUT2D eigenvalue weighted by molar-refractivity contribution is 7.18. The maximum atomic E-state index is 13.4. The van der Waals surface area contributed by atoms with Crippen molar-refractivity contribution in [3.8, 4) is 10.4 Å². The van der Waals surface area contributed by atoms with E-state index >= 15 is 0 Å². The topological polar surface area (TPSA) is 83.0 Å². The number of nitrogens with zero attached hydrogens (tertiary/aromatic N) is 4. The number of hydrogen-bond acceptors (Lipinski definition) is 7. The number of hydrogen-bond donors (Lipinski definition) is 2. The number of aromatic nitrogens is 3. The first-order valence-corrected chi connectivity index (χ1v) is 11.0. The number of carbonyl (C=O) groups is 1. The molecule has 0 atom stereocenters. The fourth-order valence-corrected chi connectivity index (χ4v) is 4.14. The van der Waals surface area contributed by atoms with Crippen LogP contribution in [0.3, 0.4) is 0 Å². The first kappa shape index (κ1) is 23.8. The predicted molar refractivity (Wildman–Crippen MR) is 118 cm³/mol. The van der Waals surface area contributed by atoms with Crippen molar-refractivity contribution in [1.29, 1.82) is 0 Å². The second-order valence-electron chi connectivity index (χ2n) is 7.66. The molecule has 1 amide bonds. The van der Waals surface area contributed by atoms with E-state index in [0.717, 1.165) is 5.69 Å². The molecule has 0 bridgehead atoms. The van der Waals surface area contributed by atoms with Gasteiger partial charge in [0.25, 0.3) is 11.8 Å². The van der Waals surface area contributed by atoms with Crippen LogP contribution in [-0.2, 0) is 0 Å². The molecule has 1 aliphatic heterocycles. The summed E-state index contributed by atoms with van der Waals surface area (Å²) in [5.41, 5.74) is 1.28. The van der Waals surface area contributed by atoms with Gasteiger partial charge in [0.05, 0.1) is 10.4 Å².